The largest absolute Gasteiger partial charge is 0.588 e. The summed E-state index contributed by atoms with van der Waals surface area (Å²) in [6, 6.07) is 32.1. The molecule has 1 unspecified atom stereocenters. The first-order chi connectivity index (χ1) is 30.4. The van der Waals surface area contributed by atoms with Gasteiger partial charge in [0.05, 0.1) is 22.8 Å². The van der Waals surface area contributed by atoms with E-state index >= 15 is 4.39 Å². The monoisotopic (exact) mass is 954 g/mol. The summed E-state index contributed by atoms with van der Waals surface area (Å²) in [5.41, 5.74) is 0.547. The highest BCUT2D eigenvalue weighted by molar-refractivity contribution is 7.99. The van der Waals surface area contributed by atoms with Crippen LogP contribution in [0.4, 0.5) is 46.0 Å². The van der Waals surface area contributed by atoms with Gasteiger partial charge in [0.25, 0.3) is 9.84 Å². The highest BCUT2D eigenvalue weighted by atomic mass is 35.5. The summed E-state index contributed by atoms with van der Waals surface area (Å²) in [5, 5.41) is 15.4. The predicted molar refractivity (Wildman–Crippen MR) is 252 cm³/mol. The van der Waals surface area contributed by atoms with E-state index in [0.29, 0.717) is 65.1 Å². The maximum atomic E-state index is 15.6. The number of alkyl halides is 3. The molecule has 0 radical (unpaired) electrons. The highest BCUT2D eigenvalue weighted by Gasteiger charge is 2.48. The molecule has 0 saturated carbocycles. The number of piperazine rings is 1. The number of anilines is 5. The molecule has 1 aliphatic heterocycles. The Hall–Kier alpha value is -5.04. The SMILES string of the molecule is Cc1c(N(C)O)c(-c2cc(F)cc(N3CCN(c4ccc(N[S+]([O-])c5ccc(NCCSc6ccccc6)c(S(=O)(=O)C(F)(F)F)c5)cc4)CC3)c2)c(-c2ccc(Cl)cc2)n1C(C)C. The molecule has 3 N–H and O–H groups in total. The number of aromatic nitrogens is 1. The minimum absolute atomic E-state index is 0.0209. The lowest BCUT2D eigenvalue weighted by atomic mass is 9.98. The molecule has 1 aliphatic rings. The number of benzene rings is 5. The number of rotatable bonds is 15. The van der Waals surface area contributed by atoms with Crippen LogP contribution in [0.25, 0.3) is 22.4 Å². The third-order valence-electron chi connectivity index (χ3n) is 10.8. The van der Waals surface area contributed by atoms with Gasteiger partial charge in [-0.2, -0.15) is 13.2 Å². The average Bonchev–Trinajstić information content (AvgIpc) is 3.58. The zero-order chi connectivity index (χ0) is 45.9. The number of thioether (sulfide) groups is 1. The van der Waals surface area contributed by atoms with Gasteiger partial charge in [0.2, 0.25) is 0 Å². The number of nitrogens with zero attached hydrogens (tertiary/aromatic N) is 4. The molecule has 64 heavy (non-hydrogen) atoms. The normalized spacial score (nSPS) is 13.9. The molecule has 1 aromatic heterocycles. The number of hydrogen-bond donors (Lipinski definition) is 3. The Balaban J connectivity index is 1.04. The molecule has 1 fully saturated rings. The Morgan fingerprint density at radius 1 is 0.875 bits per heavy atom. The van der Waals surface area contributed by atoms with E-state index in [1.54, 1.807) is 31.3 Å². The second-order valence-corrected chi connectivity index (χ2v) is 20.2. The molecule has 1 atom stereocenters. The fourth-order valence-electron chi connectivity index (χ4n) is 7.91. The zero-order valence-electron chi connectivity index (χ0n) is 35.4. The Bertz CT molecular complexity index is 2680. The molecule has 6 aromatic rings. The third kappa shape index (κ3) is 10.2. The van der Waals surface area contributed by atoms with Gasteiger partial charge in [0, 0.05) is 90.2 Å². The van der Waals surface area contributed by atoms with Crippen LogP contribution in [0.3, 0.4) is 0 Å². The van der Waals surface area contributed by atoms with Crippen molar-refractivity contribution < 1.29 is 35.7 Å². The van der Waals surface area contributed by atoms with Crippen molar-refractivity contribution in [3.05, 3.63) is 132 Å². The molecule has 0 spiro atoms. The summed E-state index contributed by atoms with van der Waals surface area (Å²) in [6.07, 6.45) is 0. The van der Waals surface area contributed by atoms with Gasteiger partial charge in [-0.1, -0.05) is 41.9 Å². The van der Waals surface area contributed by atoms with E-state index in [2.05, 4.69) is 38.3 Å². The Labute approximate surface area is 383 Å². The lowest BCUT2D eigenvalue weighted by molar-refractivity contribution is -0.0435. The van der Waals surface area contributed by atoms with Crippen molar-refractivity contribution >= 4 is 73.0 Å². The van der Waals surface area contributed by atoms with Crippen LogP contribution in [0, 0.1) is 12.7 Å². The fraction of sp³-hybridized carbons (Fsp3) is 0.261. The Morgan fingerprint density at radius 3 is 2.12 bits per heavy atom. The summed E-state index contributed by atoms with van der Waals surface area (Å²) in [7, 11) is -4.22. The van der Waals surface area contributed by atoms with Gasteiger partial charge in [-0.3, -0.25) is 10.3 Å². The van der Waals surface area contributed by atoms with Gasteiger partial charge in [-0.05, 0) is 111 Å². The van der Waals surface area contributed by atoms with Crippen molar-refractivity contribution in [3.8, 4) is 22.4 Å². The lowest BCUT2D eigenvalue weighted by Gasteiger charge is -2.37. The number of halogens is 5. The van der Waals surface area contributed by atoms with Crippen molar-refractivity contribution in [2.24, 2.45) is 0 Å². The molecule has 5 aromatic carbocycles. The number of hydroxylamine groups is 1. The summed E-state index contributed by atoms with van der Waals surface area (Å²) in [4.78, 5) is 4.06. The highest BCUT2D eigenvalue weighted by Crippen LogP contribution is 2.46. The molecule has 10 nitrogen and oxygen atoms in total. The van der Waals surface area contributed by atoms with E-state index in [-0.39, 0.29) is 23.2 Å². The second kappa shape index (κ2) is 19.6. The first kappa shape index (κ1) is 46.9. The van der Waals surface area contributed by atoms with Gasteiger partial charge >= 0.3 is 5.51 Å². The summed E-state index contributed by atoms with van der Waals surface area (Å²) in [5.74, 6) is 0.0368. The maximum absolute atomic E-state index is 15.6. The fourth-order valence-corrected chi connectivity index (χ4v) is 10.7. The molecule has 2 heterocycles. The topological polar surface area (TPSA) is 116 Å². The van der Waals surface area contributed by atoms with E-state index in [1.807, 2.05) is 67.6 Å². The quantitative estimate of drug-likeness (QED) is 0.0302. The van der Waals surface area contributed by atoms with Crippen LogP contribution in [-0.2, 0) is 21.2 Å². The molecular weight excluding hydrogens is 908 g/mol. The van der Waals surface area contributed by atoms with Crippen LogP contribution in [0.1, 0.15) is 25.6 Å². The van der Waals surface area contributed by atoms with Crippen molar-refractivity contribution in [1.29, 1.82) is 0 Å². The molecule has 7 rings (SSSR count). The summed E-state index contributed by atoms with van der Waals surface area (Å²) < 4.78 is 101. The van der Waals surface area contributed by atoms with Crippen molar-refractivity contribution in [1.82, 2.24) is 4.57 Å². The summed E-state index contributed by atoms with van der Waals surface area (Å²) in [6.45, 7) is 8.54. The van der Waals surface area contributed by atoms with Crippen molar-refractivity contribution in [2.75, 3.05) is 70.4 Å². The zero-order valence-corrected chi connectivity index (χ0v) is 38.6. The predicted octanol–water partition coefficient (Wildman–Crippen LogP) is 11.3. The number of nitrogens with one attached hydrogen (secondary N) is 2. The van der Waals surface area contributed by atoms with Crippen LogP contribution in [0.2, 0.25) is 5.02 Å². The Kier molecular flexibility index (Phi) is 14.4. The average molecular weight is 956 g/mol. The molecule has 0 bridgehead atoms. The first-order valence-corrected chi connectivity index (χ1v) is 24.3. The standard InChI is InChI=1S/C46H47ClF4N6O4S3/c1-30(2)57-31(3)44(54(4)58)43(45(57)32-10-12-34(47)13-11-32)33-26-35(48)28-38(27-33)56-23-21-55(22-24-56)37-16-14-36(15-17-37)53-63(59)40-18-19-41(42(29-40)64(60,61)46(49,50)51)52-20-25-62-39-8-6-5-7-9-39/h5-19,26-30,52-53,58H,20-25H2,1-4H3. The first-order valence-electron chi connectivity index (χ1n) is 20.3. The minimum atomic E-state index is -5.78. The van der Waals surface area contributed by atoms with E-state index in [4.69, 9.17) is 11.6 Å². The van der Waals surface area contributed by atoms with E-state index in [1.165, 1.54) is 36.0 Å². The van der Waals surface area contributed by atoms with Crippen molar-refractivity contribution in [2.45, 2.75) is 47.0 Å². The smallest absolute Gasteiger partial charge is 0.501 e. The molecular formula is C46H47ClF4N6O4S3. The molecule has 338 valence electrons. The second-order valence-electron chi connectivity index (χ2n) is 15.4. The number of hydrogen-bond acceptors (Lipinski definition) is 10. The van der Waals surface area contributed by atoms with Gasteiger partial charge in [-0.25, -0.2) is 17.5 Å². The van der Waals surface area contributed by atoms with E-state index in [0.717, 1.165) is 38.7 Å². The van der Waals surface area contributed by atoms with Gasteiger partial charge in [0.1, 0.15) is 22.1 Å². The Morgan fingerprint density at radius 2 is 1.52 bits per heavy atom. The van der Waals surface area contributed by atoms with Gasteiger partial charge in [-0.15, -0.1) is 11.8 Å². The lowest BCUT2D eigenvalue weighted by Crippen LogP contribution is -2.46. The van der Waals surface area contributed by atoms with Crippen LogP contribution >= 0.6 is 23.4 Å². The van der Waals surface area contributed by atoms with Crippen molar-refractivity contribution in [3.63, 3.8) is 0 Å². The van der Waals surface area contributed by atoms with Crippen LogP contribution in [0.15, 0.2) is 130 Å². The molecule has 0 amide bonds. The minimum Gasteiger partial charge on any atom is -0.588 e. The maximum Gasteiger partial charge on any atom is 0.501 e. The van der Waals surface area contributed by atoms with Crippen LogP contribution < -0.4 is 24.9 Å². The third-order valence-corrected chi connectivity index (χ3v) is 14.7. The number of sulfone groups is 1. The molecule has 0 aliphatic carbocycles. The molecule has 1 saturated heterocycles. The van der Waals surface area contributed by atoms with Gasteiger partial charge in [0.15, 0.2) is 4.90 Å². The van der Waals surface area contributed by atoms with E-state index in [9.17, 15) is 31.3 Å². The van der Waals surface area contributed by atoms with E-state index < -0.39 is 37.4 Å². The van der Waals surface area contributed by atoms with Crippen LogP contribution in [-0.4, -0.2) is 73.8 Å². The summed E-state index contributed by atoms with van der Waals surface area (Å²) >= 11 is 5.60. The van der Waals surface area contributed by atoms with Gasteiger partial charge < -0.3 is 24.2 Å². The molecule has 18 heteroatoms. The van der Waals surface area contributed by atoms with Crippen LogP contribution in [0.5, 0.6) is 0 Å².